The number of phenols is 2. The van der Waals surface area contributed by atoms with E-state index in [0.29, 0.717) is 5.56 Å². The zero-order chi connectivity index (χ0) is 10.7. The van der Waals surface area contributed by atoms with Crippen LogP contribution in [0.3, 0.4) is 0 Å². The number of nitrogens with one attached hydrogen (secondary N) is 1. The van der Waals surface area contributed by atoms with Crippen LogP contribution in [0.15, 0.2) is 18.2 Å². The first-order valence-electron chi connectivity index (χ1n) is 4.46. The highest BCUT2D eigenvalue weighted by atomic mass is 16.3. The molecule has 0 spiro atoms. The molecule has 1 unspecified atom stereocenters. The largest absolute Gasteiger partial charge is 0.508 e. The monoisotopic (exact) mass is 196 g/mol. The summed E-state index contributed by atoms with van der Waals surface area (Å²) >= 11 is 0. The predicted molar refractivity (Wildman–Crippen MR) is 55.0 cm³/mol. The van der Waals surface area contributed by atoms with E-state index in [9.17, 15) is 10.2 Å². The van der Waals surface area contributed by atoms with Gasteiger partial charge in [0.1, 0.15) is 11.5 Å². The van der Waals surface area contributed by atoms with Crippen LogP contribution in [0.2, 0.25) is 0 Å². The molecule has 1 rings (SSSR count). The van der Waals surface area contributed by atoms with Gasteiger partial charge in [-0.2, -0.15) is 0 Å². The van der Waals surface area contributed by atoms with Gasteiger partial charge in [0.2, 0.25) is 0 Å². The van der Waals surface area contributed by atoms with Gasteiger partial charge in [-0.05, 0) is 25.1 Å². The molecule has 0 bridgehead atoms. The third-order valence-corrected chi connectivity index (χ3v) is 1.93. The summed E-state index contributed by atoms with van der Waals surface area (Å²) in [6.45, 7) is 1.91. The van der Waals surface area contributed by atoms with Crippen molar-refractivity contribution in [2.45, 2.75) is 13.0 Å². The van der Waals surface area contributed by atoms with Crippen LogP contribution in [0.5, 0.6) is 11.5 Å². The Morgan fingerprint density at radius 3 is 2.50 bits per heavy atom. The molecule has 0 radical (unpaired) electrons. The molecule has 4 nitrogen and oxygen atoms in total. The normalized spacial score (nSPS) is 13.1. The van der Waals surface area contributed by atoms with Gasteiger partial charge in [-0.1, -0.05) is 0 Å². The van der Waals surface area contributed by atoms with Gasteiger partial charge in [0, 0.05) is 25.7 Å². The third-order valence-electron chi connectivity index (χ3n) is 1.93. The topological polar surface area (TPSA) is 55.7 Å². The summed E-state index contributed by atoms with van der Waals surface area (Å²) in [7, 11) is 3.74. The minimum atomic E-state index is -0.0444. The van der Waals surface area contributed by atoms with E-state index in [1.807, 2.05) is 21.0 Å². The number of rotatable bonds is 3. The first-order valence-corrected chi connectivity index (χ1v) is 4.46. The highest BCUT2D eigenvalue weighted by molar-refractivity contribution is 5.40. The van der Waals surface area contributed by atoms with Gasteiger partial charge >= 0.3 is 0 Å². The van der Waals surface area contributed by atoms with E-state index in [2.05, 4.69) is 5.43 Å². The molecule has 0 saturated carbocycles. The highest BCUT2D eigenvalue weighted by Gasteiger charge is 2.11. The average molecular weight is 196 g/mol. The van der Waals surface area contributed by atoms with Crippen LogP contribution in [0.1, 0.15) is 18.5 Å². The van der Waals surface area contributed by atoms with Gasteiger partial charge in [0.05, 0.1) is 0 Å². The van der Waals surface area contributed by atoms with Crippen molar-refractivity contribution in [1.82, 2.24) is 10.4 Å². The summed E-state index contributed by atoms with van der Waals surface area (Å²) in [5.41, 5.74) is 3.77. The number of aromatic hydroxyl groups is 2. The standard InChI is InChI=1S/C10H16N2O2/c1-7(11-12(2)3)9-6-8(13)4-5-10(9)14/h4-7,11,13-14H,1-3H3. The zero-order valence-corrected chi connectivity index (χ0v) is 8.65. The van der Waals surface area contributed by atoms with Crippen LogP contribution in [0.4, 0.5) is 0 Å². The lowest BCUT2D eigenvalue weighted by Crippen LogP contribution is -2.32. The fourth-order valence-electron chi connectivity index (χ4n) is 1.35. The van der Waals surface area contributed by atoms with Crippen molar-refractivity contribution in [3.8, 4) is 11.5 Å². The summed E-state index contributed by atoms with van der Waals surface area (Å²) in [6, 6.07) is 4.45. The quantitative estimate of drug-likeness (QED) is 0.502. The van der Waals surface area contributed by atoms with Crippen LogP contribution in [0, 0.1) is 0 Å². The maximum absolute atomic E-state index is 9.55. The summed E-state index contributed by atoms with van der Waals surface area (Å²) in [4.78, 5) is 0. The fraction of sp³-hybridized carbons (Fsp3) is 0.400. The molecule has 1 aromatic rings. The minimum Gasteiger partial charge on any atom is -0.508 e. The second-order valence-electron chi connectivity index (χ2n) is 3.49. The van der Waals surface area contributed by atoms with Gasteiger partial charge in [-0.15, -0.1) is 0 Å². The molecule has 0 heterocycles. The van der Waals surface area contributed by atoms with Crippen molar-refractivity contribution in [2.24, 2.45) is 0 Å². The first kappa shape index (κ1) is 10.8. The molecule has 0 fully saturated rings. The lowest BCUT2D eigenvalue weighted by molar-refractivity contribution is 0.249. The first-order chi connectivity index (χ1) is 6.50. The Balaban J connectivity index is 2.88. The molecular weight excluding hydrogens is 180 g/mol. The highest BCUT2D eigenvalue weighted by Crippen LogP contribution is 2.27. The Hall–Kier alpha value is -1.26. The van der Waals surface area contributed by atoms with Crippen molar-refractivity contribution in [1.29, 1.82) is 0 Å². The van der Waals surface area contributed by atoms with E-state index in [1.165, 1.54) is 12.1 Å². The molecule has 0 aliphatic rings. The van der Waals surface area contributed by atoms with E-state index >= 15 is 0 Å². The molecule has 1 aromatic carbocycles. The SMILES string of the molecule is CC(NN(C)C)c1cc(O)ccc1O. The van der Waals surface area contributed by atoms with Crippen LogP contribution in [-0.2, 0) is 0 Å². The molecular formula is C10H16N2O2. The summed E-state index contributed by atoms with van der Waals surface area (Å²) in [5.74, 6) is 0.342. The zero-order valence-electron chi connectivity index (χ0n) is 8.65. The third kappa shape index (κ3) is 2.61. The fourth-order valence-corrected chi connectivity index (χ4v) is 1.35. The van der Waals surface area contributed by atoms with E-state index in [-0.39, 0.29) is 17.5 Å². The molecule has 1 atom stereocenters. The minimum absolute atomic E-state index is 0.0444. The molecule has 0 saturated heterocycles. The molecule has 0 amide bonds. The molecule has 0 aliphatic heterocycles. The average Bonchev–Trinajstić information content (AvgIpc) is 2.08. The van der Waals surface area contributed by atoms with Crippen LogP contribution in [-0.4, -0.2) is 29.3 Å². The number of benzene rings is 1. The van der Waals surface area contributed by atoms with Crippen LogP contribution >= 0.6 is 0 Å². The lowest BCUT2D eigenvalue weighted by atomic mass is 10.1. The van der Waals surface area contributed by atoms with Gasteiger partial charge in [-0.25, -0.2) is 5.43 Å². The molecule has 3 N–H and O–H groups in total. The van der Waals surface area contributed by atoms with E-state index in [4.69, 9.17) is 0 Å². The number of hydrazine groups is 1. The lowest BCUT2D eigenvalue weighted by Gasteiger charge is -2.20. The number of hydrogen-bond acceptors (Lipinski definition) is 4. The van der Waals surface area contributed by atoms with Gasteiger partial charge in [0.15, 0.2) is 0 Å². The van der Waals surface area contributed by atoms with Gasteiger partial charge in [0.25, 0.3) is 0 Å². The van der Waals surface area contributed by atoms with Crippen molar-refractivity contribution in [3.63, 3.8) is 0 Å². The second kappa shape index (κ2) is 4.30. The molecule has 14 heavy (non-hydrogen) atoms. The predicted octanol–water partition coefficient (Wildman–Crippen LogP) is 1.23. The Bertz CT molecular complexity index is 313. The van der Waals surface area contributed by atoms with Crippen LogP contribution < -0.4 is 5.43 Å². The summed E-state index contributed by atoms with van der Waals surface area (Å²) in [6.07, 6.45) is 0. The van der Waals surface area contributed by atoms with Gasteiger partial charge in [-0.3, -0.25) is 5.01 Å². The van der Waals surface area contributed by atoms with Crippen molar-refractivity contribution in [3.05, 3.63) is 23.8 Å². The second-order valence-corrected chi connectivity index (χ2v) is 3.49. The summed E-state index contributed by atoms with van der Waals surface area (Å²) < 4.78 is 0. The van der Waals surface area contributed by atoms with Crippen LogP contribution in [0.25, 0.3) is 0 Å². The smallest absolute Gasteiger partial charge is 0.120 e. The van der Waals surface area contributed by atoms with E-state index < -0.39 is 0 Å². The van der Waals surface area contributed by atoms with Crippen molar-refractivity contribution in [2.75, 3.05) is 14.1 Å². The Kier molecular flexibility index (Phi) is 3.33. The van der Waals surface area contributed by atoms with Crippen molar-refractivity contribution < 1.29 is 10.2 Å². The van der Waals surface area contributed by atoms with E-state index in [0.717, 1.165) is 0 Å². The maximum Gasteiger partial charge on any atom is 0.120 e. The molecule has 4 heteroatoms. The van der Waals surface area contributed by atoms with E-state index in [1.54, 1.807) is 11.1 Å². The maximum atomic E-state index is 9.55. The Labute approximate surface area is 83.8 Å². The number of nitrogens with zero attached hydrogens (tertiary/aromatic N) is 1. The molecule has 0 aromatic heterocycles. The summed E-state index contributed by atoms with van der Waals surface area (Å²) in [5, 5.41) is 20.6. The molecule has 0 aliphatic carbocycles. The van der Waals surface area contributed by atoms with Crippen molar-refractivity contribution >= 4 is 0 Å². The van der Waals surface area contributed by atoms with Gasteiger partial charge < -0.3 is 10.2 Å². The number of hydrogen-bond donors (Lipinski definition) is 3. The number of phenolic OH excluding ortho intramolecular Hbond substituents is 2. The Morgan fingerprint density at radius 1 is 1.29 bits per heavy atom. The Morgan fingerprint density at radius 2 is 1.93 bits per heavy atom. The molecule has 78 valence electrons.